The molecule has 2 N–H and O–H groups in total. The minimum Gasteiger partial charge on any atom is -0.496 e. The number of aromatic nitrogens is 1. The van der Waals surface area contributed by atoms with Gasteiger partial charge >= 0.3 is 0 Å². The molecule has 1 amide bonds. The van der Waals surface area contributed by atoms with E-state index in [1.54, 1.807) is 14.0 Å². The number of H-pyrrole nitrogens is 1. The lowest BCUT2D eigenvalue weighted by Gasteiger charge is -2.43. The van der Waals surface area contributed by atoms with Crippen molar-refractivity contribution in [2.75, 3.05) is 46.4 Å². The second-order valence-electron chi connectivity index (χ2n) is 16.6. The number of hydrogen-bond acceptors (Lipinski definition) is 5. The highest BCUT2D eigenvalue weighted by molar-refractivity contribution is 5.83. The third kappa shape index (κ3) is 13.7. The number of rotatable bonds is 25. The summed E-state index contributed by atoms with van der Waals surface area (Å²) in [6.45, 7) is 11.2. The molecule has 5 rings (SSSR count). The average Bonchev–Trinajstić information content (AvgIpc) is 3.62. The number of aromatic amines is 1. The number of hydrogen-bond donors (Lipinski definition) is 2. The van der Waals surface area contributed by atoms with Crippen LogP contribution < -0.4 is 10.1 Å². The molecule has 3 aromatic rings. The smallest absolute Gasteiger partial charge is 0.219 e. The predicted molar refractivity (Wildman–Crippen MR) is 227 cm³/mol. The maximum atomic E-state index is 13.2. The van der Waals surface area contributed by atoms with Gasteiger partial charge in [0.15, 0.2) is 0 Å². The van der Waals surface area contributed by atoms with Gasteiger partial charge in [0, 0.05) is 67.3 Å². The fraction of sp³-hybridized carbons (Fsp3) is 0.681. The Kier molecular flexibility index (Phi) is 18.7. The van der Waals surface area contributed by atoms with Crippen LogP contribution in [0.25, 0.3) is 10.9 Å². The number of piperidine rings is 2. The quantitative estimate of drug-likeness (QED) is 0.0847. The van der Waals surface area contributed by atoms with Crippen molar-refractivity contribution in [1.82, 2.24) is 25.0 Å². The van der Waals surface area contributed by atoms with E-state index in [9.17, 15) is 4.79 Å². The molecule has 300 valence electrons. The van der Waals surface area contributed by atoms with Crippen molar-refractivity contribution in [2.24, 2.45) is 0 Å². The highest BCUT2D eigenvalue weighted by Gasteiger charge is 2.30. The van der Waals surface area contributed by atoms with Gasteiger partial charge in [0.05, 0.1) is 7.11 Å². The third-order valence-electron chi connectivity index (χ3n) is 12.5. The summed E-state index contributed by atoms with van der Waals surface area (Å²) in [6.07, 6.45) is 27.7. The van der Waals surface area contributed by atoms with Crippen molar-refractivity contribution in [1.29, 1.82) is 0 Å². The number of para-hydroxylation sites is 2. The number of methoxy groups -OCH3 is 1. The molecule has 2 unspecified atom stereocenters. The van der Waals surface area contributed by atoms with Gasteiger partial charge in [-0.1, -0.05) is 127 Å². The summed E-state index contributed by atoms with van der Waals surface area (Å²) in [5, 5.41) is 5.37. The predicted octanol–water partition coefficient (Wildman–Crippen LogP) is 10.1. The standard InChI is InChI=1S/C47H75N5O2/c1-4-5-6-7-8-9-10-11-12-13-14-16-24-44(51-32-28-43(29-33-51)50-30-21-15-22-31-50)36-48-42(34-41-35-49-46-26-19-18-25-45(41)46)38-52(39(2)53)37-40-23-17-20-27-47(40)54-3/h17-20,23,25-27,35,42-44,48-49H,4-16,21-22,24,28-34,36-38H2,1-3H3. The first-order valence-corrected chi connectivity index (χ1v) is 22.2. The summed E-state index contributed by atoms with van der Waals surface area (Å²) in [7, 11) is 1.71. The maximum absolute atomic E-state index is 13.2. The molecule has 0 radical (unpaired) electrons. The van der Waals surface area contributed by atoms with Crippen molar-refractivity contribution in [3.05, 3.63) is 65.9 Å². The number of ether oxygens (including phenoxy) is 1. The van der Waals surface area contributed by atoms with Crippen LogP contribution in [0.15, 0.2) is 54.7 Å². The number of amides is 1. The number of fused-ring (bicyclic) bond motifs is 1. The highest BCUT2D eigenvalue weighted by atomic mass is 16.5. The average molecular weight is 742 g/mol. The van der Waals surface area contributed by atoms with E-state index in [1.807, 2.05) is 23.1 Å². The molecule has 2 fully saturated rings. The van der Waals surface area contributed by atoms with Crippen molar-refractivity contribution in [3.63, 3.8) is 0 Å². The summed E-state index contributed by atoms with van der Waals surface area (Å²) in [4.78, 5) is 24.4. The van der Waals surface area contributed by atoms with Gasteiger partial charge in [0.2, 0.25) is 5.91 Å². The normalized spacial score (nSPS) is 17.2. The molecule has 2 saturated heterocycles. The third-order valence-corrected chi connectivity index (χ3v) is 12.5. The molecular formula is C47H75N5O2. The van der Waals surface area contributed by atoms with Crippen molar-refractivity contribution < 1.29 is 9.53 Å². The fourth-order valence-electron chi connectivity index (χ4n) is 9.21. The Hall–Kier alpha value is -2.87. The van der Waals surface area contributed by atoms with Gasteiger partial charge in [-0.2, -0.15) is 0 Å². The van der Waals surface area contributed by atoms with E-state index in [4.69, 9.17) is 4.74 Å². The van der Waals surface area contributed by atoms with Crippen LogP contribution in [0, 0.1) is 0 Å². The topological polar surface area (TPSA) is 63.8 Å². The molecular weight excluding hydrogens is 667 g/mol. The number of likely N-dealkylation sites (tertiary alicyclic amines) is 2. The first-order valence-electron chi connectivity index (χ1n) is 22.2. The van der Waals surface area contributed by atoms with E-state index < -0.39 is 0 Å². The minimum atomic E-state index is 0.0967. The summed E-state index contributed by atoms with van der Waals surface area (Å²) in [5.74, 6) is 0.930. The first kappa shape index (κ1) is 42.3. The van der Waals surface area contributed by atoms with Crippen molar-refractivity contribution in [3.8, 4) is 5.75 Å². The van der Waals surface area contributed by atoms with E-state index in [2.05, 4.69) is 63.6 Å². The van der Waals surface area contributed by atoms with Crippen LogP contribution in [-0.2, 0) is 17.8 Å². The highest BCUT2D eigenvalue weighted by Crippen LogP contribution is 2.25. The number of nitrogens with one attached hydrogen (secondary N) is 2. The molecule has 7 nitrogen and oxygen atoms in total. The zero-order valence-electron chi connectivity index (χ0n) is 34.5. The minimum absolute atomic E-state index is 0.0967. The van der Waals surface area contributed by atoms with Crippen LogP contribution in [0.4, 0.5) is 0 Å². The number of carbonyl (C=O) groups is 1. The Morgan fingerprint density at radius 2 is 1.48 bits per heavy atom. The van der Waals surface area contributed by atoms with Gasteiger partial charge in [-0.3, -0.25) is 9.69 Å². The van der Waals surface area contributed by atoms with Crippen LogP contribution in [0.3, 0.4) is 0 Å². The van der Waals surface area contributed by atoms with Gasteiger partial charge in [-0.15, -0.1) is 0 Å². The van der Waals surface area contributed by atoms with Crippen LogP contribution in [0.1, 0.15) is 141 Å². The first-order chi connectivity index (χ1) is 26.6. The molecule has 54 heavy (non-hydrogen) atoms. The molecule has 2 aliphatic heterocycles. The van der Waals surface area contributed by atoms with Crippen LogP contribution >= 0.6 is 0 Å². The SMILES string of the molecule is CCCCCCCCCCCCCCC(CNC(Cc1c[nH]c2ccccc12)CN(Cc1ccccc1OC)C(C)=O)N1CCC(N2CCCCC2)CC1. The summed E-state index contributed by atoms with van der Waals surface area (Å²) < 4.78 is 5.69. The maximum Gasteiger partial charge on any atom is 0.219 e. The molecule has 2 aromatic carbocycles. The Labute approximate surface area is 329 Å². The summed E-state index contributed by atoms with van der Waals surface area (Å²) >= 11 is 0. The molecule has 0 aliphatic carbocycles. The van der Waals surface area contributed by atoms with Gasteiger partial charge in [0.25, 0.3) is 0 Å². The van der Waals surface area contributed by atoms with E-state index in [0.717, 1.165) is 30.3 Å². The summed E-state index contributed by atoms with van der Waals surface area (Å²) in [5.41, 5.74) is 3.52. The van der Waals surface area contributed by atoms with E-state index in [1.165, 1.54) is 158 Å². The monoisotopic (exact) mass is 742 g/mol. The molecule has 2 aliphatic rings. The zero-order valence-corrected chi connectivity index (χ0v) is 34.5. The molecule has 2 atom stereocenters. The number of nitrogens with zero attached hydrogens (tertiary/aromatic N) is 3. The van der Waals surface area contributed by atoms with Gasteiger partial charge in [0.1, 0.15) is 5.75 Å². The van der Waals surface area contributed by atoms with E-state index >= 15 is 0 Å². The molecule has 0 bridgehead atoms. The van der Waals surface area contributed by atoms with E-state index in [-0.39, 0.29) is 11.9 Å². The van der Waals surface area contributed by atoms with Crippen LogP contribution in [0.5, 0.6) is 5.75 Å². The van der Waals surface area contributed by atoms with Gasteiger partial charge < -0.3 is 24.8 Å². The fourth-order valence-corrected chi connectivity index (χ4v) is 9.21. The Balaban J connectivity index is 1.22. The Bertz CT molecular complexity index is 1460. The van der Waals surface area contributed by atoms with Gasteiger partial charge in [-0.05, 0) is 82.4 Å². The molecule has 7 heteroatoms. The lowest BCUT2D eigenvalue weighted by atomic mass is 9.96. The lowest BCUT2D eigenvalue weighted by Crippen LogP contribution is -2.53. The number of carbonyl (C=O) groups excluding carboxylic acids is 1. The van der Waals surface area contributed by atoms with Crippen molar-refractivity contribution >= 4 is 16.8 Å². The molecule has 0 saturated carbocycles. The second-order valence-corrected chi connectivity index (χ2v) is 16.6. The number of benzene rings is 2. The Morgan fingerprint density at radius 3 is 2.17 bits per heavy atom. The molecule has 1 aromatic heterocycles. The van der Waals surface area contributed by atoms with Crippen LogP contribution in [0.2, 0.25) is 0 Å². The Morgan fingerprint density at radius 1 is 0.833 bits per heavy atom. The number of unbranched alkanes of at least 4 members (excludes halogenated alkanes) is 11. The van der Waals surface area contributed by atoms with Gasteiger partial charge in [-0.25, -0.2) is 0 Å². The largest absolute Gasteiger partial charge is 0.496 e. The van der Waals surface area contributed by atoms with Crippen LogP contribution in [-0.4, -0.2) is 90.1 Å². The van der Waals surface area contributed by atoms with E-state index in [0.29, 0.717) is 19.1 Å². The zero-order chi connectivity index (χ0) is 37.8. The molecule has 0 spiro atoms. The molecule has 3 heterocycles. The summed E-state index contributed by atoms with van der Waals surface area (Å²) in [6, 6.07) is 18.1. The lowest BCUT2D eigenvalue weighted by molar-refractivity contribution is -0.129. The second kappa shape index (κ2) is 23.9. The van der Waals surface area contributed by atoms with Crippen molar-refractivity contribution in [2.45, 2.75) is 161 Å².